The third-order valence-corrected chi connectivity index (χ3v) is 6.56. The van der Waals surface area contributed by atoms with Crippen LogP contribution in [0.2, 0.25) is 0 Å². The Labute approximate surface area is 195 Å². The number of hydrogen-bond acceptors (Lipinski definition) is 4. The van der Waals surface area contributed by atoms with Crippen LogP contribution in [0.3, 0.4) is 0 Å². The second-order valence-corrected chi connectivity index (χ2v) is 10.2. The van der Waals surface area contributed by atoms with Gasteiger partial charge in [-0.1, -0.05) is 42.8 Å². The molecule has 2 amide bonds. The summed E-state index contributed by atoms with van der Waals surface area (Å²) in [5, 5.41) is 2.87. The second kappa shape index (κ2) is 11.3. The molecule has 2 aromatic carbocycles. The highest BCUT2D eigenvalue weighted by Crippen LogP contribution is 2.20. The zero-order valence-corrected chi connectivity index (χ0v) is 20.5. The lowest BCUT2D eigenvalue weighted by Crippen LogP contribution is -2.52. The van der Waals surface area contributed by atoms with Crippen molar-refractivity contribution in [3.05, 3.63) is 65.5 Å². The average molecular weight is 478 g/mol. The summed E-state index contributed by atoms with van der Waals surface area (Å²) < 4.78 is 39.5. The molecule has 0 spiro atoms. The molecule has 9 heteroatoms. The third-order valence-electron chi connectivity index (χ3n) is 5.42. The van der Waals surface area contributed by atoms with Crippen LogP contribution in [0, 0.1) is 12.7 Å². The van der Waals surface area contributed by atoms with Gasteiger partial charge in [0.25, 0.3) is 0 Å². The predicted octanol–water partition coefficient (Wildman–Crippen LogP) is 3.23. The fourth-order valence-corrected chi connectivity index (χ4v) is 4.02. The standard InChI is InChI=1S/C24H32FN3O4S/c1-6-18(3)26-24(30)19(4)27(15-20-12-10-17(2)11-13-20)23(29)16-28(33(5,31)32)22-9-7-8-21(25)14-22/h7-14,18-19H,6,15-16H2,1-5H3,(H,26,30)/t18-,19+/m0/s1. The first-order valence-corrected chi connectivity index (χ1v) is 12.7. The smallest absolute Gasteiger partial charge is 0.244 e. The number of nitrogens with one attached hydrogen (secondary N) is 1. The fraction of sp³-hybridized carbons (Fsp3) is 0.417. The Morgan fingerprint density at radius 2 is 1.73 bits per heavy atom. The van der Waals surface area contributed by atoms with Gasteiger partial charge >= 0.3 is 0 Å². The summed E-state index contributed by atoms with van der Waals surface area (Å²) in [6.07, 6.45) is 1.68. The van der Waals surface area contributed by atoms with E-state index in [1.54, 1.807) is 6.92 Å². The summed E-state index contributed by atoms with van der Waals surface area (Å²) in [5.74, 6) is -1.52. The minimum Gasteiger partial charge on any atom is -0.352 e. The van der Waals surface area contributed by atoms with Gasteiger partial charge in [0, 0.05) is 12.6 Å². The summed E-state index contributed by atoms with van der Waals surface area (Å²) in [5.41, 5.74) is 1.89. The van der Waals surface area contributed by atoms with Crippen molar-refractivity contribution in [2.24, 2.45) is 0 Å². The van der Waals surface area contributed by atoms with Crippen LogP contribution in [-0.2, 0) is 26.2 Å². The molecule has 33 heavy (non-hydrogen) atoms. The van der Waals surface area contributed by atoms with E-state index in [-0.39, 0.29) is 24.2 Å². The van der Waals surface area contributed by atoms with Gasteiger partial charge in [0.05, 0.1) is 11.9 Å². The highest BCUT2D eigenvalue weighted by molar-refractivity contribution is 7.92. The lowest BCUT2D eigenvalue weighted by Gasteiger charge is -2.32. The summed E-state index contributed by atoms with van der Waals surface area (Å²) in [6.45, 7) is 6.92. The van der Waals surface area contributed by atoms with E-state index in [4.69, 9.17) is 0 Å². The van der Waals surface area contributed by atoms with Crippen molar-refractivity contribution in [1.29, 1.82) is 0 Å². The van der Waals surface area contributed by atoms with Gasteiger partial charge in [-0.25, -0.2) is 12.8 Å². The Hall–Kier alpha value is -2.94. The number of benzene rings is 2. The van der Waals surface area contributed by atoms with E-state index >= 15 is 0 Å². The molecule has 0 aliphatic heterocycles. The number of carbonyl (C=O) groups is 2. The normalized spacial score (nSPS) is 13.2. The van der Waals surface area contributed by atoms with E-state index in [2.05, 4.69) is 5.32 Å². The molecule has 0 fully saturated rings. The molecule has 1 N–H and O–H groups in total. The van der Waals surface area contributed by atoms with Crippen LogP contribution in [-0.4, -0.2) is 50.0 Å². The summed E-state index contributed by atoms with van der Waals surface area (Å²) in [4.78, 5) is 27.5. The largest absolute Gasteiger partial charge is 0.352 e. The Kier molecular flexibility index (Phi) is 8.99. The predicted molar refractivity (Wildman–Crippen MR) is 128 cm³/mol. The molecule has 0 radical (unpaired) electrons. The van der Waals surface area contributed by atoms with Crippen LogP contribution >= 0.6 is 0 Å². The Morgan fingerprint density at radius 3 is 2.27 bits per heavy atom. The van der Waals surface area contributed by atoms with E-state index in [0.29, 0.717) is 0 Å². The number of nitrogens with zero attached hydrogens (tertiary/aromatic N) is 2. The maximum Gasteiger partial charge on any atom is 0.244 e. The molecule has 0 aliphatic rings. The van der Waals surface area contributed by atoms with Crippen LogP contribution < -0.4 is 9.62 Å². The third kappa shape index (κ3) is 7.56. The lowest BCUT2D eigenvalue weighted by atomic mass is 10.1. The highest BCUT2D eigenvalue weighted by Gasteiger charge is 2.30. The molecule has 0 aromatic heterocycles. The maximum atomic E-state index is 13.8. The van der Waals surface area contributed by atoms with Gasteiger partial charge in [-0.2, -0.15) is 0 Å². The molecule has 180 valence electrons. The maximum absolute atomic E-state index is 13.8. The van der Waals surface area contributed by atoms with Gasteiger partial charge < -0.3 is 10.2 Å². The van der Waals surface area contributed by atoms with Crippen molar-refractivity contribution in [2.45, 2.75) is 52.7 Å². The van der Waals surface area contributed by atoms with Crippen molar-refractivity contribution in [1.82, 2.24) is 10.2 Å². The summed E-state index contributed by atoms with van der Waals surface area (Å²) in [7, 11) is -3.89. The second-order valence-electron chi connectivity index (χ2n) is 8.25. The molecule has 7 nitrogen and oxygen atoms in total. The zero-order chi connectivity index (χ0) is 24.8. The SMILES string of the molecule is CC[C@H](C)NC(=O)[C@@H](C)N(Cc1ccc(C)cc1)C(=O)CN(c1cccc(F)c1)S(C)(=O)=O. The molecule has 0 saturated carbocycles. The van der Waals surface area contributed by atoms with Gasteiger partial charge in [0.2, 0.25) is 21.8 Å². The Balaban J connectivity index is 2.37. The zero-order valence-electron chi connectivity index (χ0n) is 19.7. The van der Waals surface area contributed by atoms with Crippen molar-refractivity contribution in [2.75, 3.05) is 17.1 Å². The number of sulfonamides is 1. The van der Waals surface area contributed by atoms with Gasteiger partial charge in [-0.05, 0) is 51.0 Å². The van der Waals surface area contributed by atoms with Crippen molar-refractivity contribution < 1.29 is 22.4 Å². The van der Waals surface area contributed by atoms with Crippen LogP contribution in [0.15, 0.2) is 48.5 Å². The lowest BCUT2D eigenvalue weighted by molar-refractivity contribution is -0.139. The van der Waals surface area contributed by atoms with Gasteiger partial charge in [0.1, 0.15) is 18.4 Å². The Morgan fingerprint density at radius 1 is 1.09 bits per heavy atom. The number of rotatable bonds is 10. The van der Waals surface area contributed by atoms with E-state index in [1.807, 2.05) is 45.0 Å². The molecule has 0 heterocycles. The number of carbonyl (C=O) groups excluding carboxylic acids is 2. The van der Waals surface area contributed by atoms with Crippen molar-refractivity contribution in [3.8, 4) is 0 Å². The first-order chi connectivity index (χ1) is 15.4. The number of aryl methyl sites for hydroxylation is 1. The minimum absolute atomic E-state index is 0.0397. The number of halogens is 1. The first kappa shape index (κ1) is 26.3. The van der Waals surface area contributed by atoms with Gasteiger partial charge in [0.15, 0.2) is 0 Å². The average Bonchev–Trinajstić information content (AvgIpc) is 2.75. The topological polar surface area (TPSA) is 86.8 Å². The number of anilines is 1. The summed E-state index contributed by atoms with van der Waals surface area (Å²) in [6, 6.07) is 11.6. The van der Waals surface area contributed by atoms with E-state index < -0.39 is 34.3 Å². The Bertz CT molecular complexity index is 1070. The van der Waals surface area contributed by atoms with Gasteiger partial charge in [-0.15, -0.1) is 0 Å². The molecule has 2 atom stereocenters. The molecule has 2 aromatic rings. The minimum atomic E-state index is -3.89. The quantitative estimate of drug-likeness (QED) is 0.569. The fourth-order valence-electron chi connectivity index (χ4n) is 3.18. The van der Waals surface area contributed by atoms with E-state index in [0.717, 1.165) is 34.2 Å². The highest BCUT2D eigenvalue weighted by atomic mass is 32.2. The number of hydrogen-bond donors (Lipinski definition) is 1. The summed E-state index contributed by atoms with van der Waals surface area (Å²) >= 11 is 0. The molecule has 0 bridgehead atoms. The van der Waals surface area contributed by atoms with Crippen LogP contribution in [0.25, 0.3) is 0 Å². The van der Waals surface area contributed by atoms with E-state index in [1.165, 1.54) is 23.1 Å². The molecule has 0 aliphatic carbocycles. The molecular weight excluding hydrogens is 445 g/mol. The number of amides is 2. The molecule has 0 saturated heterocycles. The van der Waals surface area contributed by atoms with Crippen LogP contribution in [0.4, 0.5) is 10.1 Å². The monoisotopic (exact) mass is 477 g/mol. The molecule has 0 unspecified atom stereocenters. The van der Waals surface area contributed by atoms with Crippen molar-refractivity contribution >= 4 is 27.5 Å². The molecule has 2 rings (SSSR count). The van der Waals surface area contributed by atoms with Crippen LogP contribution in [0.5, 0.6) is 0 Å². The van der Waals surface area contributed by atoms with Crippen molar-refractivity contribution in [3.63, 3.8) is 0 Å². The molecular formula is C24H32FN3O4S. The first-order valence-electron chi connectivity index (χ1n) is 10.8. The van der Waals surface area contributed by atoms with E-state index in [9.17, 15) is 22.4 Å². The van der Waals surface area contributed by atoms with Crippen LogP contribution in [0.1, 0.15) is 38.3 Å². The van der Waals surface area contributed by atoms with Gasteiger partial charge in [-0.3, -0.25) is 13.9 Å².